The van der Waals surface area contributed by atoms with E-state index in [4.69, 9.17) is 39.9 Å². The average Bonchev–Trinajstić information content (AvgIpc) is 3.26. The van der Waals surface area contributed by atoms with E-state index in [0.717, 1.165) is 28.4 Å². The van der Waals surface area contributed by atoms with Gasteiger partial charge in [-0.2, -0.15) is 0 Å². The number of ether oxygens (including phenoxy) is 6. The number of nitrogens with one attached hydrogen (secondary N) is 2. The maximum Gasteiger partial charge on any atom is 0.261 e. The molecule has 0 aromatic heterocycles. The number of fused-ring (bicyclic) bond motifs is 1. The van der Waals surface area contributed by atoms with Crippen LogP contribution in [0.5, 0.6) is 0 Å². The molecule has 0 aliphatic carbocycles. The van der Waals surface area contributed by atoms with Crippen molar-refractivity contribution in [3.8, 4) is 0 Å². The van der Waals surface area contributed by atoms with Gasteiger partial charge in [0, 0.05) is 94.9 Å². The van der Waals surface area contributed by atoms with Crippen LogP contribution in [-0.2, 0) is 28.4 Å². The second kappa shape index (κ2) is 24.1. The molecule has 0 unspecified atom stereocenters. The molecule has 0 saturated carbocycles. The van der Waals surface area contributed by atoms with Crippen molar-refractivity contribution >= 4 is 56.9 Å². The molecule has 0 fully saturated rings. The molecule has 0 spiro atoms. The van der Waals surface area contributed by atoms with Crippen molar-refractivity contribution in [1.29, 1.82) is 0 Å². The summed E-state index contributed by atoms with van der Waals surface area (Å²) in [7, 11) is 1.68. The Morgan fingerprint density at radius 3 is 1.73 bits per heavy atom. The molecule has 16 nitrogen and oxygen atoms in total. The molecule has 318 valence electrons. The van der Waals surface area contributed by atoms with E-state index in [-0.39, 0.29) is 50.7 Å². The van der Waals surface area contributed by atoms with Crippen LogP contribution in [0.15, 0.2) is 60.7 Å². The third-order valence-corrected chi connectivity index (χ3v) is 9.56. The SMILES string of the molecule is CN(CCOCCOCCN1C(=O)c2cccc3c(NCCOCCOCCN)ccc(c23)C1=O)C(=O)c1ccc(NCCOCCOCCN)c2cccc(C=O)c12. The fraction of sp³-hybridized carbons (Fsp3) is 0.442. The van der Waals surface area contributed by atoms with E-state index in [0.29, 0.717) is 119 Å². The highest BCUT2D eigenvalue weighted by Crippen LogP contribution is 2.34. The molecule has 59 heavy (non-hydrogen) atoms. The van der Waals surface area contributed by atoms with E-state index in [1.165, 1.54) is 4.90 Å². The van der Waals surface area contributed by atoms with Gasteiger partial charge < -0.3 is 55.4 Å². The first-order chi connectivity index (χ1) is 28.9. The molecule has 0 radical (unpaired) electrons. The number of benzene rings is 4. The van der Waals surface area contributed by atoms with Crippen molar-refractivity contribution in [2.45, 2.75) is 0 Å². The molecular formula is C43H56N6O10. The normalized spacial score (nSPS) is 12.4. The van der Waals surface area contributed by atoms with E-state index < -0.39 is 0 Å². The van der Waals surface area contributed by atoms with Crippen molar-refractivity contribution < 1.29 is 47.6 Å². The van der Waals surface area contributed by atoms with Gasteiger partial charge in [0.1, 0.15) is 0 Å². The molecule has 0 atom stereocenters. The summed E-state index contributed by atoms with van der Waals surface area (Å²) in [4.78, 5) is 55.4. The molecule has 1 aliphatic rings. The minimum absolute atomic E-state index is 0.0843. The van der Waals surface area contributed by atoms with Crippen LogP contribution in [0.2, 0.25) is 0 Å². The largest absolute Gasteiger partial charge is 0.382 e. The van der Waals surface area contributed by atoms with Crippen LogP contribution in [0.1, 0.15) is 41.4 Å². The highest BCUT2D eigenvalue weighted by atomic mass is 16.5. The lowest BCUT2D eigenvalue weighted by Crippen LogP contribution is -2.42. The maximum atomic E-state index is 13.6. The first-order valence-corrected chi connectivity index (χ1v) is 19.9. The van der Waals surface area contributed by atoms with Crippen molar-refractivity contribution in [3.63, 3.8) is 0 Å². The fourth-order valence-corrected chi connectivity index (χ4v) is 6.68. The topological polar surface area (TPSA) is 206 Å². The summed E-state index contributed by atoms with van der Waals surface area (Å²) in [5.74, 6) is -0.991. The van der Waals surface area contributed by atoms with Crippen molar-refractivity contribution in [2.75, 3.05) is 136 Å². The number of anilines is 2. The Labute approximate surface area is 344 Å². The summed E-state index contributed by atoms with van der Waals surface area (Å²) in [5.41, 5.74) is 14.2. The van der Waals surface area contributed by atoms with E-state index >= 15 is 0 Å². The number of imide groups is 1. The van der Waals surface area contributed by atoms with Gasteiger partial charge in [-0.05, 0) is 30.3 Å². The van der Waals surface area contributed by atoms with Crippen LogP contribution >= 0.6 is 0 Å². The predicted octanol–water partition coefficient (Wildman–Crippen LogP) is 3.01. The maximum absolute atomic E-state index is 13.6. The summed E-state index contributed by atoms with van der Waals surface area (Å²) < 4.78 is 33.3. The molecule has 6 N–H and O–H groups in total. The van der Waals surface area contributed by atoms with Crippen LogP contribution in [0.3, 0.4) is 0 Å². The van der Waals surface area contributed by atoms with Crippen LogP contribution in [-0.4, -0.2) is 159 Å². The number of hydrogen-bond donors (Lipinski definition) is 4. The van der Waals surface area contributed by atoms with E-state index in [1.54, 1.807) is 42.3 Å². The van der Waals surface area contributed by atoms with Crippen LogP contribution in [0.4, 0.5) is 11.4 Å². The summed E-state index contributed by atoms with van der Waals surface area (Å²) in [6, 6.07) is 17.9. The summed E-state index contributed by atoms with van der Waals surface area (Å²) in [5, 5.41) is 9.43. The Morgan fingerprint density at radius 2 is 1.14 bits per heavy atom. The number of hydrogen-bond acceptors (Lipinski definition) is 14. The summed E-state index contributed by atoms with van der Waals surface area (Å²) in [6.45, 7) is 7.02. The number of aldehydes is 1. The molecule has 1 aliphatic heterocycles. The number of nitrogens with two attached hydrogens (primary N) is 2. The van der Waals surface area contributed by atoms with Gasteiger partial charge in [0.15, 0.2) is 6.29 Å². The molecule has 4 aromatic carbocycles. The first kappa shape index (κ1) is 45.1. The predicted molar refractivity (Wildman–Crippen MR) is 226 cm³/mol. The van der Waals surface area contributed by atoms with Gasteiger partial charge in [0.05, 0.1) is 85.8 Å². The molecule has 4 aromatic rings. The fourth-order valence-electron chi connectivity index (χ4n) is 6.68. The Balaban J connectivity index is 1.04. The minimum Gasteiger partial charge on any atom is -0.382 e. The molecule has 0 bridgehead atoms. The van der Waals surface area contributed by atoms with Crippen LogP contribution in [0.25, 0.3) is 21.5 Å². The smallest absolute Gasteiger partial charge is 0.261 e. The average molecular weight is 817 g/mol. The summed E-state index contributed by atoms with van der Waals surface area (Å²) >= 11 is 0. The van der Waals surface area contributed by atoms with Gasteiger partial charge in [-0.25, -0.2) is 0 Å². The third-order valence-electron chi connectivity index (χ3n) is 9.56. The van der Waals surface area contributed by atoms with E-state index in [2.05, 4.69) is 10.6 Å². The van der Waals surface area contributed by atoms with E-state index in [1.807, 2.05) is 30.3 Å². The lowest BCUT2D eigenvalue weighted by atomic mass is 9.93. The number of carbonyl (C=O) groups is 4. The highest BCUT2D eigenvalue weighted by Gasteiger charge is 2.33. The Morgan fingerprint density at radius 1 is 0.627 bits per heavy atom. The number of likely N-dealkylation sites (N-methyl/N-ethyl adjacent to an activating group) is 1. The zero-order valence-corrected chi connectivity index (χ0v) is 33.7. The quantitative estimate of drug-likeness (QED) is 0.0354. The number of amides is 3. The molecule has 3 amide bonds. The Hall–Kier alpha value is -5.04. The number of rotatable bonds is 29. The Kier molecular flexibility index (Phi) is 18.4. The molecule has 1 heterocycles. The number of nitrogens with zero attached hydrogens (tertiary/aromatic N) is 2. The third kappa shape index (κ3) is 12.2. The van der Waals surface area contributed by atoms with Gasteiger partial charge >= 0.3 is 0 Å². The zero-order valence-electron chi connectivity index (χ0n) is 33.7. The molecule has 0 saturated heterocycles. The second-order valence-corrected chi connectivity index (χ2v) is 13.5. The lowest BCUT2D eigenvalue weighted by Gasteiger charge is -2.28. The molecular weight excluding hydrogens is 761 g/mol. The van der Waals surface area contributed by atoms with Crippen LogP contribution in [0, 0.1) is 0 Å². The van der Waals surface area contributed by atoms with Crippen molar-refractivity contribution in [3.05, 3.63) is 82.9 Å². The van der Waals surface area contributed by atoms with Gasteiger partial charge in [0.2, 0.25) is 0 Å². The van der Waals surface area contributed by atoms with Gasteiger partial charge in [-0.15, -0.1) is 0 Å². The van der Waals surface area contributed by atoms with E-state index in [9.17, 15) is 19.2 Å². The van der Waals surface area contributed by atoms with Crippen molar-refractivity contribution in [2.24, 2.45) is 11.5 Å². The zero-order chi connectivity index (χ0) is 41.8. The molecule has 5 rings (SSSR count). The van der Waals surface area contributed by atoms with Crippen molar-refractivity contribution in [1.82, 2.24) is 9.80 Å². The monoisotopic (exact) mass is 816 g/mol. The Bertz CT molecular complexity index is 1990. The lowest BCUT2D eigenvalue weighted by molar-refractivity contribution is 0.0291. The summed E-state index contributed by atoms with van der Waals surface area (Å²) in [6.07, 6.45) is 0.754. The first-order valence-electron chi connectivity index (χ1n) is 19.9. The van der Waals surface area contributed by atoms with Gasteiger partial charge in [0.25, 0.3) is 17.7 Å². The number of carbonyl (C=O) groups excluding carboxylic acids is 4. The minimum atomic E-state index is -0.372. The van der Waals surface area contributed by atoms with Crippen LogP contribution < -0.4 is 22.1 Å². The van der Waals surface area contributed by atoms with Gasteiger partial charge in [-0.3, -0.25) is 24.1 Å². The molecule has 16 heteroatoms. The second-order valence-electron chi connectivity index (χ2n) is 13.5. The highest BCUT2D eigenvalue weighted by molar-refractivity contribution is 6.26. The van der Waals surface area contributed by atoms with Gasteiger partial charge in [-0.1, -0.05) is 30.3 Å². The standard InChI is InChI=1S/C43H56N6O10/c1-48(41(51)35-8-10-37(32-5-2-4-31(30-50)39(32)35)46-14-20-56-26-24-54-18-12-44)16-22-58-28-29-59-23-17-49-42(52)34-7-3-6-33-38(11-9-36(40(33)34)43(49)53)47-15-21-57-27-25-55-19-13-45/h2-11,30,46-47H,12-29,44-45H2,1H3.